The molecule has 72 valence electrons. The van der Waals surface area contributed by atoms with Crippen LogP contribution in [0.4, 0.5) is 0 Å². The van der Waals surface area contributed by atoms with Gasteiger partial charge in [0.25, 0.3) is 0 Å². The maximum atomic E-state index is 10.3. The molecule has 0 heterocycles. The first-order valence-corrected chi connectivity index (χ1v) is 4.25. The van der Waals surface area contributed by atoms with E-state index in [-0.39, 0.29) is 13.2 Å². The molecule has 0 bridgehead atoms. The molecule has 0 spiro atoms. The third-order valence-electron chi connectivity index (χ3n) is 1.60. The highest BCUT2D eigenvalue weighted by atomic mass is 16.4. The number of nitrogens with zero attached hydrogens (tertiary/aromatic N) is 1. The summed E-state index contributed by atoms with van der Waals surface area (Å²) in [5.74, 6) is -0.834. The van der Waals surface area contributed by atoms with Gasteiger partial charge < -0.3 is 10.2 Å². The van der Waals surface area contributed by atoms with Gasteiger partial charge in [0.05, 0.1) is 13.2 Å². The second kappa shape index (κ2) is 7.06. The van der Waals surface area contributed by atoms with Crippen LogP contribution < -0.4 is 0 Å². The van der Waals surface area contributed by atoms with Crippen LogP contribution in [0.5, 0.6) is 0 Å². The Morgan fingerprint density at radius 3 is 2.50 bits per heavy atom. The van der Waals surface area contributed by atoms with Crippen molar-refractivity contribution in [2.75, 3.05) is 26.2 Å². The summed E-state index contributed by atoms with van der Waals surface area (Å²) in [6.07, 6.45) is 2.02. The fraction of sp³-hybridized carbons (Fsp3) is 0.875. The second-order valence-electron chi connectivity index (χ2n) is 2.75. The number of unbranched alkanes of at least 4 members (excludes halogenated alkanes) is 1. The van der Waals surface area contributed by atoms with Gasteiger partial charge in [0.1, 0.15) is 0 Å². The van der Waals surface area contributed by atoms with Gasteiger partial charge in [-0.15, -0.1) is 0 Å². The molecule has 4 nitrogen and oxygen atoms in total. The Balaban J connectivity index is 3.61. The molecule has 0 rings (SSSR count). The van der Waals surface area contributed by atoms with Gasteiger partial charge in [0, 0.05) is 6.54 Å². The monoisotopic (exact) mass is 175 g/mol. The molecule has 12 heavy (non-hydrogen) atoms. The van der Waals surface area contributed by atoms with E-state index in [1.54, 1.807) is 4.90 Å². The van der Waals surface area contributed by atoms with E-state index in [0.29, 0.717) is 6.54 Å². The van der Waals surface area contributed by atoms with Gasteiger partial charge in [0.15, 0.2) is 0 Å². The number of hydrogen-bond acceptors (Lipinski definition) is 3. The zero-order valence-corrected chi connectivity index (χ0v) is 7.49. The standard InChI is InChI=1S/C8H17NO3/c1-2-3-4-9(5-6-10)7-8(11)12/h10H,2-7H2,1H3,(H,11,12). The number of hydrogen-bond donors (Lipinski definition) is 2. The highest BCUT2D eigenvalue weighted by Crippen LogP contribution is 1.93. The van der Waals surface area contributed by atoms with Crippen molar-refractivity contribution in [2.45, 2.75) is 19.8 Å². The van der Waals surface area contributed by atoms with Crippen LogP contribution in [0.25, 0.3) is 0 Å². The molecule has 0 aliphatic carbocycles. The number of aliphatic carboxylic acids is 1. The lowest BCUT2D eigenvalue weighted by atomic mass is 10.3. The molecule has 0 aromatic carbocycles. The Kier molecular flexibility index (Phi) is 6.70. The van der Waals surface area contributed by atoms with Crippen molar-refractivity contribution in [1.82, 2.24) is 4.90 Å². The van der Waals surface area contributed by atoms with E-state index in [0.717, 1.165) is 19.4 Å². The van der Waals surface area contributed by atoms with Crippen LogP contribution in [0.3, 0.4) is 0 Å². The fourth-order valence-corrected chi connectivity index (χ4v) is 0.984. The van der Waals surface area contributed by atoms with E-state index in [2.05, 4.69) is 6.92 Å². The summed E-state index contributed by atoms with van der Waals surface area (Å²) in [4.78, 5) is 12.1. The number of carbonyl (C=O) groups is 1. The molecule has 2 N–H and O–H groups in total. The van der Waals surface area contributed by atoms with Gasteiger partial charge in [-0.3, -0.25) is 9.69 Å². The zero-order valence-electron chi connectivity index (χ0n) is 7.49. The lowest BCUT2D eigenvalue weighted by molar-refractivity contribution is -0.138. The molecular weight excluding hydrogens is 158 g/mol. The minimum atomic E-state index is -0.834. The first-order chi connectivity index (χ1) is 5.70. The molecule has 0 atom stereocenters. The van der Waals surface area contributed by atoms with Crippen LogP contribution in [0.2, 0.25) is 0 Å². The Labute approximate surface area is 72.8 Å². The maximum absolute atomic E-state index is 10.3. The molecule has 0 fully saturated rings. The Hall–Kier alpha value is -0.610. The minimum absolute atomic E-state index is 0.0248. The summed E-state index contributed by atoms with van der Waals surface area (Å²) >= 11 is 0. The van der Waals surface area contributed by atoms with Gasteiger partial charge in [-0.05, 0) is 13.0 Å². The highest BCUT2D eigenvalue weighted by Gasteiger charge is 2.07. The van der Waals surface area contributed by atoms with Crippen LogP contribution in [0.15, 0.2) is 0 Å². The largest absolute Gasteiger partial charge is 0.480 e. The van der Waals surface area contributed by atoms with Crippen LogP contribution in [0, 0.1) is 0 Å². The lowest BCUT2D eigenvalue weighted by Gasteiger charge is -2.17. The highest BCUT2D eigenvalue weighted by molar-refractivity contribution is 5.69. The fourth-order valence-electron chi connectivity index (χ4n) is 0.984. The smallest absolute Gasteiger partial charge is 0.317 e. The molecule has 0 radical (unpaired) electrons. The van der Waals surface area contributed by atoms with E-state index < -0.39 is 5.97 Å². The summed E-state index contributed by atoms with van der Waals surface area (Å²) < 4.78 is 0. The van der Waals surface area contributed by atoms with Gasteiger partial charge in [-0.1, -0.05) is 13.3 Å². The molecule has 0 unspecified atom stereocenters. The van der Waals surface area contributed by atoms with Crippen molar-refractivity contribution in [2.24, 2.45) is 0 Å². The molecule has 0 aliphatic heterocycles. The predicted octanol–water partition coefficient (Wildman–Crippen LogP) is 0.165. The number of aliphatic hydroxyl groups is 1. The molecule has 0 saturated carbocycles. The van der Waals surface area contributed by atoms with E-state index in [4.69, 9.17) is 10.2 Å². The van der Waals surface area contributed by atoms with Gasteiger partial charge >= 0.3 is 5.97 Å². The Morgan fingerprint density at radius 1 is 1.42 bits per heavy atom. The minimum Gasteiger partial charge on any atom is -0.480 e. The van der Waals surface area contributed by atoms with Gasteiger partial charge in [-0.25, -0.2) is 0 Å². The molecule has 0 amide bonds. The maximum Gasteiger partial charge on any atom is 0.317 e. The quantitative estimate of drug-likeness (QED) is 0.579. The van der Waals surface area contributed by atoms with Crippen molar-refractivity contribution in [3.8, 4) is 0 Å². The second-order valence-corrected chi connectivity index (χ2v) is 2.75. The van der Waals surface area contributed by atoms with Crippen molar-refractivity contribution in [3.63, 3.8) is 0 Å². The summed E-state index contributed by atoms with van der Waals surface area (Å²) in [7, 11) is 0. The third kappa shape index (κ3) is 6.12. The Morgan fingerprint density at radius 2 is 2.08 bits per heavy atom. The van der Waals surface area contributed by atoms with Crippen molar-refractivity contribution < 1.29 is 15.0 Å². The summed E-state index contributed by atoms with van der Waals surface area (Å²) in [6, 6.07) is 0. The average molecular weight is 175 g/mol. The first kappa shape index (κ1) is 11.4. The van der Waals surface area contributed by atoms with Crippen LogP contribution in [-0.4, -0.2) is 47.3 Å². The van der Waals surface area contributed by atoms with Gasteiger partial charge in [0.2, 0.25) is 0 Å². The van der Waals surface area contributed by atoms with E-state index >= 15 is 0 Å². The molecule has 0 aromatic rings. The van der Waals surface area contributed by atoms with E-state index in [1.165, 1.54) is 0 Å². The summed E-state index contributed by atoms with van der Waals surface area (Å²) in [5.41, 5.74) is 0. The topological polar surface area (TPSA) is 60.8 Å². The van der Waals surface area contributed by atoms with Crippen molar-refractivity contribution in [3.05, 3.63) is 0 Å². The normalized spacial score (nSPS) is 10.6. The average Bonchev–Trinajstić information content (AvgIpc) is 2.00. The zero-order chi connectivity index (χ0) is 9.40. The number of rotatable bonds is 7. The number of carboxylic acid groups (broad SMARTS) is 1. The molecule has 0 aromatic heterocycles. The van der Waals surface area contributed by atoms with Crippen LogP contribution in [0.1, 0.15) is 19.8 Å². The predicted molar refractivity (Wildman–Crippen MR) is 46.1 cm³/mol. The number of aliphatic hydroxyl groups excluding tert-OH is 1. The summed E-state index contributed by atoms with van der Waals surface area (Å²) in [6.45, 7) is 3.31. The van der Waals surface area contributed by atoms with Crippen molar-refractivity contribution >= 4 is 5.97 Å². The van der Waals surface area contributed by atoms with Crippen LogP contribution in [-0.2, 0) is 4.79 Å². The SMILES string of the molecule is CCCCN(CCO)CC(=O)O. The van der Waals surface area contributed by atoms with E-state index in [1.807, 2.05) is 0 Å². The number of carboxylic acids is 1. The molecule has 4 heteroatoms. The molecular formula is C8H17NO3. The first-order valence-electron chi connectivity index (χ1n) is 4.25. The summed E-state index contributed by atoms with van der Waals surface area (Å²) in [5, 5.41) is 17.1. The van der Waals surface area contributed by atoms with Gasteiger partial charge in [-0.2, -0.15) is 0 Å². The van der Waals surface area contributed by atoms with Crippen LogP contribution >= 0.6 is 0 Å². The van der Waals surface area contributed by atoms with E-state index in [9.17, 15) is 4.79 Å². The molecule has 0 saturated heterocycles. The Bertz CT molecular complexity index is 127. The lowest BCUT2D eigenvalue weighted by Crippen LogP contribution is -2.33. The van der Waals surface area contributed by atoms with Crippen molar-refractivity contribution in [1.29, 1.82) is 0 Å². The molecule has 0 aliphatic rings. The third-order valence-corrected chi connectivity index (χ3v) is 1.60.